The molecule has 0 aliphatic heterocycles. The molecule has 0 radical (unpaired) electrons. The number of nitrogens with zero attached hydrogens (tertiary/aromatic N) is 3. The van der Waals surface area contributed by atoms with Crippen LogP contribution in [0.2, 0.25) is 0 Å². The van der Waals surface area contributed by atoms with Crippen LogP contribution in [0.25, 0.3) is 23.0 Å². The maximum absolute atomic E-state index is 12.4. The molecule has 1 aromatic heterocycles. The first-order valence-corrected chi connectivity index (χ1v) is 9.76. The smallest absolute Gasteiger partial charge is 0.262 e. The molecule has 3 aromatic rings. The lowest BCUT2D eigenvalue weighted by molar-refractivity contribution is -0.117. The molecule has 0 fully saturated rings. The third-order valence-electron chi connectivity index (χ3n) is 4.71. The lowest BCUT2D eigenvalue weighted by Gasteiger charge is -2.07. The second-order valence-electron chi connectivity index (χ2n) is 6.81. The maximum Gasteiger partial charge on any atom is 0.262 e. The predicted molar refractivity (Wildman–Crippen MR) is 119 cm³/mol. The van der Waals surface area contributed by atoms with Gasteiger partial charge in [-0.2, -0.15) is 10.4 Å². The van der Waals surface area contributed by atoms with E-state index in [9.17, 15) is 10.1 Å². The van der Waals surface area contributed by atoms with Crippen molar-refractivity contribution in [3.8, 4) is 28.8 Å². The van der Waals surface area contributed by atoms with Gasteiger partial charge in [0, 0.05) is 31.0 Å². The van der Waals surface area contributed by atoms with Crippen LogP contribution in [0.15, 0.2) is 60.3 Å². The van der Waals surface area contributed by atoms with Gasteiger partial charge in [0.25, 0.3) is 5.91 Å². The Hall–Kier alpha value is -3.89. The fraction of sp³-hybridized carbons (Fsp3) is 0.208. The molecule has 0 atom stereocenters. The van der Waals surface area contributed by atoms with E-state index in [4.69, 9.17) is 14.6 Å². The third-order valence-corrected chi connectivity index (χ3v) is 4.71. The van der Waals surface area contributed by atoms with Crippen molar-refractivity contribution in [3.05, 3.63) is 71.4 Å². The zero-order valence-electron chi connectivity index (χ0n) is 17.8. The van der Waals surface area contributed by atoms with Crippen LogP contribution < -0.4 is 10.1 Å². The molecular formula is C24H24N4O3. The van der Waals surface area contributed by atoms with Crippen LogP contribution in [0.5, 0.6) is 5.75 Å². The van der Waals surface area contributed by atoms with Gasteiger partial charge in [-0.1, -0.05) is 18.2 Å². The number of aryl methyl sites for hydroxylation is 1. The Morgan fingerprint density at radius 1 is 1.23 bits per heavy atom. The Bertz CT molecular complexity index is 1130. The number of carbonyl (C=O) groups excluding carboxylic acids is 1. The molecule has 0 spiro atoms. The molecule has 1 heterocycles. The molecule has 0 saturated heterocycles. The maximum atomic E-state index is 12.4. The van der Waals surface area contributed by atoms with Gasteiger partial charge in [-0.25, -0.2) is 4.68 Å². The van der Waals surface area contributed by atoms with Gasteiger partial charge in [-0.3, -0.25) is 4.79 Å². The largest absolute Gasteiger partial charge is 0.497 e. The molecule has 0 aliphatic carbocycles. The van der Waals surface area contributed by atoms with Gasteiger partial charge in [0.2, 0.25) is 0 Å². The molecule has 31 heavy (non-hydrogen) atoms. The van der Waals surface area contributed by atoms with Gasteiger partial charge in [0.05, 0.1) is 19.4 Å². The number of aromatic nitrogens is 2. The van der Waals surface area contributed by atoms with E-state index in [1.807, 2.05) is 67.7 Å². The molecule has 3 rings (SSSR count). The molecule has 0 unspecified atom stereocenters. The molecule has 0 saturated carbocycles. The summed E-state index contributed by atoms with van der Waals surface area (Å²) in [5.41, 5.74) is 4.06. The van der Waals surface area contributed by atoms with Crippen LogP contribution >= 0.6 is 0 Å². The van der Waals surface area contributed by atoms with Crippen LogP contribution in [-0.4, -0.2) is 43.1 Å². The van der Waals surface area contributed by atoms with Gasteiger partial charge < -0.3 is 14.8 Å². The summed E-state index contributed by atoms with van der Waals surface area (Å²) in [6, 6.07) is 17.4. The zero-order chi connectivity index (χ0) is 22.2. The monoisotopic (exact) mass is 416 g/mol. The predicted octanol–water partition coefficient (Wildman–Crippen LogP) is 3.53. The standard InChI is InChI=1S/C24H24N4O3/c1-17-13-21(31-3)9-10-22(17)23-19(14-18(15-25)24(29)26-11-12-30-2)16-28(27-23)20-7-5-4-6-8-20/h4-10,13-14,16H,11-12H2,1-3H3,(H,26,29)/b18-14+. The number of methoxy groups -OCH3 is 2. The Kier molecular flexibility index (Phi) is 7.20. The third kappa shape index (κ3) is 5.18. The van der Waals surface area contributed by atoms with Gasteiger partial charge in [-0.15, -0.1) is 0 Å². The number of benzene rings is 2. The summed E-state index contributed by atoms with van der Waals surface area (Å²) in [6.45, 7) is 2.66. The second kappa shape index (κ2) is 10.2. The number of rotatable bonds is 8. The van der Waals surface area contributed by atoms with E-state index in [0.717, 1.165) is 22.6 Å². The summed E-state index contributed by atoms with van der Waals surface area (Å²) in [5.74, 6) is 0.292. The zero-order valence-corrected chi connectivity index (χ0v) is 17.8. The quantitative estimate of drug-likeness (QED) is 0.345. The van der Waals surface area contributed by atoms with Crippen molar-refractivity contribution in [2.75, 3.05) is 27.4 Å². The highest BCUT2D eigenvalue weighted by atomic mass is 16.5. The van der Waals surface area contributed by atoms with Crippen molar-refractivity contribution < 1.29 is 14.3 Å². The topological polar surface area (TPSA) is 89.2 Å². The van der Waals surface area contributed by atoms with E-state index in [0.29, 0.717) is 24.4 Å². The minimum absolute atomic E-state index is 0.00358. The van der Waals surface area contributed by atoms with Gasteiger partial charge in [0.15, 0.2) is 0 Å². The number of nitriles is 1. The average Bonchev–Trinajstić information content (AvgIpc) is 3.21. The van der Waals surface area contributed by atoms with Crippen LogP contribution in [-0.2, 0) is 9.53 Å². The van der Waals surface area contributed by atoms with E-state index in [1.165, 1.54) is 0 Å². The molecule has 7 nitrogen and oxygen atoms in total. The number of nitrogens with one attached hydrogen (secondary N) is 1. The van der Waals surface area contributed by atoms with Crippen molar-refractivity contribution >= 4 is 12.0 Å². The van der Waals surface area contributed by atoms with Crippen molar-refractivity contribution in [3.63, 3.8) is 0 Å². The van der Waals surface area contributed by atoms with Crippen molar-refractivity contribution in [1.82, 2.24) is 15.1 Å². The van der Waals surface area contributed by atoms with Gasteiger partial charge >= 0.3 is 0 Å². The van der Waals surface area contributed by atoms with Crippen LogP contribution in [0, 0.1) is 18.3 Å². The van der Waals surface area contributed by atoms with Crippen LogP contribution in [0.4, 0.5) is 0 Å². The van der Waals surface area contributed by atoms with Crippen molar-refractivity contribution in [2.45, 2.75) is 6.92 Å². The van der Waals surface area contributed by atoms with E-state index in [1.54, 1.807) is 25.0 Å². The molecule has 158 valence electrons. The van der Waals surface area contributed by atoms with E-state index >= 15 is 0 Å². The molecule has 0 aliphatic rings. The number of amides is 1. The summed E-state index contributed by atoms with van der Waals surface area (Å²) >= 11 is 0. The lowest BCUT2D eigenvalue weighted by Crippen LogP contribution is -2.27. The summed E-state index contributed by atoms with van der Waals surface area (Å²) in [4.78, 5) is 12.4. The molecule has 0 bridgehead atoms. The first-order chi connectivity index (χ1) is 15.1. The summed E-state index contributed by atoms with van der Waals surface area (Å²) in [5, 5.41) is 17.0. The number of hydrogen-bond acceptors (Lipinski definition) is 5. The second-order valence-corrected chi connectivity index (χ2v) is 6.81. The van der Waals surface area contributed by atoms with Crippen molar-refractivity contribution in [1.29, 1.82) is 5.26 Å². The normalized spacial score (nSPS) is 11.1. The number of para-hydroxylation sites is 1. The lowest BCUT2D eigenvalue weighted by atomic mass is 10.0. The van der Waals surface area contributed by atoms with Gasteiger partial charge in [-0.05, 0) is 48.9 Å². The molecular weight excluding hydrogens is 392 g/mol. The SMILES string of the molecule is COCCNC(=O)/C(C#N)=C/c1cn(-c2ccccc2)nc1-c1ccc(OC)cc1C. The Morgan fingerprint density at radius 2 is 2.00 bits per heavy atom. The first-order valence-electron chi connectivity index (χ1n) is 9.76. The minimum Gasteiger partial charge on any atom is -0.497 e. The fourth-order valence-electron chi connectivity index (χ4n) is 3.11. The van der Waals surface area contributed by atoms with Crippen LogP contribution in [0.3, 0.4) is 0 Å². The summed E-state index contributed by atoms with van der Waals surface area (Å²) in [7, 11) is 3.17. The van der Waals surface area contributed by atoms with E-state index in [2.05, 4.69) is 5.32 Å². The molecule has 1 N–H and O–H groups in total. The molecule has 2 aromatic carbocycles. The average molecular weight is 416 g/mol. The van der Waals surface area contributed by atoms with E-state index < -0.39 is 5.91 Å². The summed E-state index contributed by atoms with van der Waals surface area (Å²) in [6.07, 6.45) is 3.38. The van der Waals surface area contributed by atoms with Crippen LogP contribution in [0.1, 0.15) is 11.1 Å². The Balaban J connectivity index is 2.08. The summed E-state index contributed by atoms with van der Waals surface area (Å²) < 4.78 is 12.0. The Labute approximate surface area is 181 Å². The van der Waals surface area contributed by atoms with Gasteiger partial charge in [0.1, 0.15) is 23.1 Å². The molecule has 7 heteroatoms. The fourth-order valence-corrected chi connectivity index (χ4v) is 3.11. The molecule has 1 amide bonds. The number of hydrogen-bond donors (Lipinski definition) is 1. The first kappa shape index (κ1) is 21.8. The highest BCUT2D eigenvalue weighted by Gasteiger charge is 2.16. The highest BCUT2D eigenvalue weighted by Crippen LogP contribution is 2.30. The van der Waals surface area contributed by atoms with E-state index in [-0.39, 0.29) is 5.57 Å². The number of carbonyl (C=O) groups is 1. The number of ether oxygens (including phenoxy) is 2. The minimum atomic E-state index is -0.454. The van der Waals surface area contributed by atoms with Crippen molar-refractivity contribution in [2.24, 2.45) is 0 Å². The highest BCUT2D eigenvalue weighted by molar-refractivity contribution is 6.02. The Morgan fingerprint density at radius 3 is 2.65 bits per heavy atom.